The molecule has 3 amide bonds. The van der Waals surface area contributed by atoms with Gasteiger partial charge in [0, 0.05) is 4.47 Å². The van der Waals surface area contributed by atoms with Gasteiger partial charge in [-0.15, -0.1) is 0 Å². The van der Waals surface area contributed by atoms with Crippen molar-refractivity contribution in [2.24, 2.45) is 0 Å². The Kier molecular flexibility index (Phi) is 5.75. The molecular formula is C21H21BrN2O3. The molecule has 0 saturated heterocycles. The highest BCUT2D eigenvalue weighted by molar-refractivity contribution is 9.10. The van der Waals surface area contributed by atoms with Crippen molar-refractivity contribution in [2.75, 3.05) is 5.32 Å². The molecule has 0 fully saturated rings. The summed E-state index contributed by atoms with van der Waals surface area (Å²) in [6, 6.07) is 11.5. The van der Waals surface area contributed by atoms with Gasteiger partial charge in [0.05, 0.1) is 16.8 Å². The Morgan fingerprint density at radius 3 is 2.30 bits per heavy atom. The number of fused-ring (bicyclic) bond motifs is 1. The van der Waals surface area contributed by atoms with Crippen molar-refractivity contribution in [3.05, 3.63) is 63.6 Å². The van der Waals surface area contributed by atoms with Crippen molar-refractivity contribution in [2.45, 2.75) is 39.2 Å². The second-order valence-electron chi connectivity index (χ2n) is 6.61. The summed E-state index contributed by atoms with van der Waals surface area (Å²) >= 11 is 3.48. The summed E-state index contributed by atoms with van der Waals surface area (Å²) in [5.41, 5.74) is 2.48. The standard InChI is InChI=1S/C21H21BrN2O3/c1-3-4-7-14-10-11-18(17(22)12-14)23-19(25)13(2)24-20(26)15-8-5-6-9-16(15)21(24)27/h5-6,8-13H,3-4,7H2,1-2H3,(H,23,25). The Bertz CT molecular complexity index is 875. The van der Waals surface area contributed by atoms with Crippen LogP contribution in [-0.4, -0.2) is 28.7 Å². The van der Waals surface area contributed by atoms with Gasteiger partial charge < -0.3 is 5.32 Å². The number of rotatable bonds is 6. The monoisotopic (exact) mass is 428 g/mol. The van der Waals surface area contributed by atoms with E-state index in [0.717, 1.165) is 28.6 Å². The number of amides is 3. The highest BCUT2D eigenvalue weighted by Gasteiger charge is 2.40. The molecule has 0 radical (unpaired) electrons. The van der Waals surface area contributed by atoms with Crippen molar-refractivity contribution in [3.63, 3.8) is 0 Å². The smallest absolute Gasteiger partial charge is 0.262 e. The van der Waals surface area contributed by atoms with E-state index in [2.05, 4.69) is 28.2 Å². The third-order valence-electron chi connectivity index (χ3n) is 4.70. The van der Waals surface area contributed by atoms with Gasteiger partial charge in [-0.2, -0.15) is 0 Å². The molecule has 0 aromatic heterocycles. The molecule has 1 aliphatic rings. The van der Waals surface area contributed by atoms with Crippen LogP contribution in [-0.2, 0) is 11.2 Å². The van der Waals surface area contributed by atoms with Crippen LogP contribution in [0.3, 0.4) is 0 Å². The average molecular weight is 429 g/mol. The first kappa shape index (κ1) is 19.3. The van der Waals surface area contributed by atoms with E-state index in [9.17, 15) is 14.4 Å². The summed E-state index contributed by atoms with van der Waals surface area (Å²) in [5.74, 6) is -1.29. The van der Waals surface area contributed by atoms with E-state index in [1.807, 2.05) is 18.2 Å². The number of anilines is 1. The first-order valence-corrected chi connectivity index (χ1v) is 9.79. The summed E-state index contributed by atoms with van der Waals surface area (Å²) in [6.45, 7) is 3.70. The molecule has 0 saturated carbocycles. The zero-order valence-electron chi connectivity index (χ0n) is 15.3. The van der Waals surface area contributed by atoms with Gasteiger partial charge in [0.1, 0.15) is 6.04 Å². The summed E-state index contributed by atoms with van der Waals surface area (Å²) in [4.78, 5) is 38.8. The lowest BCUT2D eigenvalue weighted by atomic mass is 10.1. The topological polar surface area (TPSA) is 66.5 Å². The number of unbranched alkanes of at least 4 members (excludes halogenated alkanes) is 1. The van der Waals surface area contributed by atoms with Gasteiger partial charge in [-0.1, -0.05) is 31.5 Å². The van der Waals surface area contributed by atoms with Gasteiger partial charge in [-0.05, 0) is 65.5 Å². The molecule has 1 unspecified atom stereocenters. The number of aryl methyl sites for hydroxylation is 1. The third kappa shape index (κ3) is 3.81. The molecule has 1 atom stereocenters. The van der Waals surface area contributed by atoms with E-state index in [1.165, 1.54) is 5.56 Å². The molecule has 6 heteroatoms. The zero-order valence-corrected chi connectivity index (χ0v) is 16.9. The summed E-state index contributed by atoms with van der Waals surface area (Å²) in [5, 5.41) is 2.81. The SMILES string of the molecule is CCCCc1ccc(NC(=O)C(C)N2C(=O)c3ccccc3C2=O)c(Br)c1. The predicted molar refractivity (Wildman–Crippen MR) is 108 cm³/mol. The van der Waals surface area contributed by atoms with Crippen LogP contribution < -0.4 is 5.32 Å². The number of halogens is 1. The number of carbonyl (C=O) groups excluding carboxylic acids is 3. The van der Waals surface area contributed by atoms with E-state index in [0.29, 0.717) is 16.8 Å². The molecule has 3 rings (SSSR count). The van der Waals surface area contributed by atoms with Crippen LogP contribution in [0.5, 0.6) is 0 Å². The second kappa shape index (κ2) is 8.05. The summed E-state index contributed by atoms with van der Waals surface area (Å²) in [7, 11) is 0. The fourth-order valence-corrected chi connectivity index (χ4v) is 3.64. The predicted octanol–water partition coefficient (Wildman–Crippen LogP) is 4.41. The molecule has 140 valence electrons. The normalized spacial score (nSPS) is 14.3. The lowest BCUT2D eigenvalue weighted by molar-refractivity contribution is -0.119. The van der Waals surface area contributed by atoms with E-state index in [-0.39, 0.29) is 0 Å². The zero-order chi connectivity index (χ0) is 19.6. The minimum Gasteiger partial charge on any atom is -0.323 e. The van der Waals surface area contributed by atoms with E-state index in [4.69, 9.17) is 0 Å². The Labute approximate surface area is 166 Å². The largest absolute Gasteiger partial charge is 0.323 e. The number of benzene rings is 2. The first-order chi connectivity index (χ1) is 12.9. The van der Waals surface area contributed by atoms with E-state index in [1.54, 1.807) is 31.2 Å². The van der Waals surface area contributed by atoms with E-state index >= 15 is 0 Å². The van der Waals surface area contributed by atoms with Gasteiger partial charge in [0.15, 0.2) is 0 Å². The fraction of sp³-hybridized carbons (Fsp3) is 0.286. The van der Waals surface area contributed by atoms with E-state index < -0.39 is 23.8 Å². The minimum absolute atomic E-state index is 0.337. The number of hydrogen-bond donors (Lipinski definition) is 1. The van der Waals surface area contributed by atoms with Gasteiger partial charge in [0.25, 0.3) is 11.8 Å². The molecule has 1 N–H and O–H groups in total. The number of carbonyl (C=O) groups is 3. The molecule has 27 heavy (non-hydrogen) atoms. The first-order valence-electron chi connectivity index (χ1n) is 9.00. The van der Waals surface area contributed by atoms with Crippen LogP contribution in [0.2, 0.25) is 0 Å². The molecule has 1 heterocycles. The lowest BCUT2D eigenvalue weighted by Crippen LogP contribution is -2.45. The summed E-state index contributed by atoms with van der Waals surface area (Å²) in [6.07, 6.45) is 3.21. The summed E-state index contributed by atoms with van der Waals surface area (Å²) < 4.78 is 0.777. The molecule has 0 aliphatic carbocycles. The molecular weight excluding hydrogens is 408 g/mol. The Morgan fingerprint density at radius 2 is 1.74 bits per heavy atom. The van der Waals surface area contributed by atoms with Crippen LogP contribution in [0.1, 0.15) is 53.0 Å². The van der Waals surface area contributed by atoms with Crippen LogP contribution >= 0.6 is 15.9 Å². The number of nitrogens with one attached hydrogen (secondary N) is 1. The molecule has 2 aromatic rings. The quantitative estimate of drug-likeness (QED) is 0.692. The Morgan fingerprint density at radius 1 is 1.11 bits per heavy atom. The lowest BCUT2D eigenvalue weighted by Gasteiger charge is -2.22. The average Bonchev–Trinajstić information content (AvgIpc) is 2.92. The minimum atomic E-state index is -0.913. The van der Waals surface area contributed by atoms with Crippen molar-refractivity contribution < 1.29 is 14.4 Å². The van der Waals surface area contributed by atoms with Gasteiger partial charge >= 0.3 is 0 Å². The van der Waals surface area contributed by atoms with Crippen molar-refractivity contribution >= 4 is 39.3 Å². The molecule has 5 nitrogen and oxygen atoms in total. The van der Waals surface area contributed by atoms with Crippen LogP contribution in [0.15, 0.2) is 46.9 Å². The molecule has 1 aliphatic heterocycles. The van der Waals surface area contributed by atoms with Gasteiger partial charge in [-0.3, -0.25) is 19.3 Å². The third-order valence-corrected chi connectivity index (χ3v) is 5.36. The van der Waals surface area contributed by atoms with Crippen LogP contribution in [0.25, 0.3) is 0 Å². The van der Waals surface area contributed by atoms with Gasteiger partial charge in [0.2, 0.25) is 5.91 Å². The van der Waals surface area contributed by atoms with Crippen molar-refractivity contribution in [3.8, 4) is 0 Å². The highest BCUT2D eigenvalue weighted by Crippen LogP contribution is 2.27. The van der Waals surface area contributed by atoms with Crippen LogP contribution in [0.4, 0.5) is 5.69 Å². The van der Waals surface area contributed by atoms with Gasteiger partial charge in [-0.25, -0.2) is 0 Å². The number of imide groups is 1. The fourth-order valence-electron chi connectivity index (χ4n) is 3.11. The number of hydrogen-bond acceptors (Lipinski definition) is 3. The highest BCUT2D eigenvalue weighted by atomic mass is 79.9. The number of nitrogens with zero attached hydrogens (tertiary/aromatic N) is 1. The van der Waals surface area contributed by atoms with Crippen LogP contribution in [0, 0.1) is 0 Å². The Balaban J connectivity index is 1.74. The maximum absolute atomic E-state index is 12.7. The molecule has 0 bridgehead atoms. The second-order valence-corrected chi connectivity index (χ2v) is 7.46. The molecule has 0 spiro atoms. The maximum Gasteiger partial charge on any atom is 0.262 e. The maximum atomic E-state index is 12.7. The Hall–Kier alpha value is -2.47. The molecule has 2 aromatic carbocycles. The van der Waals surface area contributed by atoms with Crippen molar-refractivity contribution in [1.29, 1.82) is 0 Å². The van der Waals surface area contributed by atoms with Crippen molar-refractivity contribution in [1.82, 2.24) is 4.90 Å².